The highest BCUT2D eigenvalue weighted by atomic mass is 16.5. The lowest BCUT2D eigenvalue weighted by Crippen LogP contribution is -2.37. The van der Waals surface area contributed by atoms with Crippen LogP contribution in [0.1, 0.15) is 84.2 Å². The SMILES string of the molecule is O=C(c1cc(C2CC2)on1)N1CCC[C@H]1C[C@@H]1CCCc2ccccc21. The summed E-state index contributed by atoms with van der Waals surface area (Å²) in [5.74, 6) is 2.03. The highest BCUT2D eigenvalue weighted by molar-refractivity contribution is 5.92. The van der Waals surface area contributed by atoms with Crippen LogP contribution in [0.5, 0.6) is 0 Å². The summed E-state index contributed by atoms with van der Waals surface area (Å²) < 4.78 is 5.40. The molecule has 1 amide bonds. The van der Waals surface area contributed by atoms with Crippen molar-refractivity contribution in [3.05, 3.63) is 52.9 Å². The van der Waals surface area contributed by atoms with Crippen LogP contribution in [0, 0.1) is 0 Å². The molecular formula is C22H26N2O2. The maximum absolute atomic E-state index is 13.0. The zero-order valence-corrected chi connectivity index (χ0v) is 15.2. The van der Waals surface area contributed by atoms with Crippen LogP contribution in [0.15, 0.2) is 34.9 Å². The fourth-order valence-electron chi connectivity index (χ4n) is 4.87. The van der Waals surface area contributed by atoms with Crippen molar-refractivity contribution in [3.8, 4) is 0 Å². The van der Waals surface area contributed by atoms with Gasteiger partial charge in [0.1, 0.15) is 5.76 Å². The van der Waals surface area contributed by atoms with Crippen molar-refractivity contribution in [1.29, 1.82) is 0 Å². The zero-order valence-electron chi connectivity index (χ0n) is 15.2. The third kappa shape index (κ3) is 2.95. The molecule has 26 heavy (non-hydrogen) atoms. The summed E-state index contributed by atoms with van der Waals surface area (Å²) in [4.78, 5) is 15.1. The van der Waals surface area contributed by atoms with Gasteiger partial charge in [-0.25, -0.2) is 0 Å². The zero-order chi connectivity index (χ0) is 17.5. The number of aromatic nitrogens is 1. The molecule has 2 aromatic rings. The average Bonchev–Trinajstić information content (AvgIpc) is 3.22. The lowest BCUT2D eigenvalue weighted by atomic mass is 9.79. The van der Waals surface area contributed by atoms with Crippen LogP contribution in [0.25, 0.3) is 0 Å². The number of benzene rings is 1. The molecule has 2 fully saturated rings. The topological polar surface area (TPSA) is 46.3 Å². The van der Waals surface area contributed by atoms with Crippen molar-refractivity contribution in [1.82, 2.24) is 10.1 Å². The second kappa shape index (κ2) is 6.57. The summed E-state index contributed by atoms with van der Waals surface area (Å²) in [6.07, 6.45) is 9.31. The van der Waals surface area contributed by atoms with Crippen molar-refractivity contribution in [2.45, 2.75) is 69.2 Å². The van der Waals surface area contributed by atoms with Crippen molar-refractivity contribution in [3.63, 3.8) is 0 Å². The molecular weight excluding hydrogens is 324 g/mol. The standard InChI is InChI=1S/C22H26N2O2/c25-22(20-14-21(26-23-20)16-10-11-16)24-12-4-8-18(24)13-17-7-3-6-15-5-1-2-9-19(15)17/h1-2,5,9,14,16-18H,3-4,6-8,10-13H2/t17-,18-/m0/s1. The Morgan fingerprint density at radius 3 is 2.92 bits per heavy atom. The lowest BCUT2D eigenvalue weighted by molar-refractivity contribution is 0.0713. The van der Waals surface area contributed by atoms with Crippen LogP contribution in [0.4, 0.5) is 0 Å². The molecule has 136 valence electrons. The molecule has 4 heteroatoms. The molecule has 1 aliphatic heterocycles. The smallest absolute Gasteiger partial charge is 0.276 e. The lowest BCUT2D eigenvalue weighted by Gasteiger charge is -2.31. The van der Waals surface area contributed by atoms with Gasteiger partial charge in [0, 0.05) is 24.6 Å². The van der Waals surface area contributed by atoms with Crippen LogP contribution in [0.2, 0.25) is 0 Å². The summed E-state index contributed by atoms with van der Waals surface area (Å²) in [5.41, 5.74) is 3.52. The number of fused-ring (bicyclic) bond motifs is 1. The summed E-state index contributed by atoms with van der Waals surface area (Å²) in [6.45, 7) is 0.851. The fraction of sp³-hybridized carbons (Fsp3) is 0.545. The Labute approximate surface area is 154 Å². The third-order valence-electron chi connectivity index (χ3n) is 6.42. The molecule has 3 aliphatic rings. The van der Waals surface area contributed by atoms with E-state index in [0.717, 1.165) is 44.4 Å². The predicted molar refractivity (Wildman–Crippen MR) is 99.3 cm³/mol. The molecule has 0 spiro atoms. The van der Waals surface area contributed by atoms with Crippen molar-refractivity contribution in [2.75, 3.05) is 6.54 Å². The second-order valence-corrected chi connectivity index (χ2v) is 8.21. The first-order valence-electron chi connectivity index (χ1n) is 10.1. The van der Waals surface area contributed by atoms with Gasteiger partial charge in [-0.1, -0.05) is 29.4 Å². The van der Waals surface area contributed by atoms with E-state index in [1.165, 1.54) is 30.4 Å². The molecule has 0 bridgehead atoms. The molecule has 2 heterocycles. The average molecular weight is 350 g/mol. The number of carbonyl (C=O) groups excluding carboxylic acids is 1. The number of hydrogen-bond donors (Lipinski definition) is 0. The predicted octanol–water partition coefficient (Wildman–Crippen LogP) is 4.67. The second-order valence-electron chi connectivity index (χ2n) is 8.21. The van der Waals surface area contributed by atoms with E-state index in [1.54, 1.807) is 0 Å². The normalized spacial score (nSPS) is 25.3. The van der Waals surface area contributed by atoms with Gasteiger partial charge in [0.15, 0.2) is 5.69 Å². The third-order valence-corrected chi connectivity index (χ3v) is 6.42. The summed E-state index contributed by atoms with van der Waals surface area (Å²) in [6, 6.07) is 11.1. The Hall–Kier alpha value is -2.10. The van der Waals surface area contributed by atoms with Gasteiger partial charge in [0.05, 0.1) is 0 Å². The van der Waals surface area contributed by atoms with E-state index in [9.17, 15) is 4.79 Å². The number of amides is 1. The number of carbonyl (C=O) groups is 1. The van der Waals surface area contributed by atoms with Crippen LogP contribution >= 0.6 is 0 Å². The number of rotatable bonds is 4. The molecule has 1 aromatic carbocycles. The van der Waals surface area contributed by atoms with Gasteiger partial charge in [-0.2, -0.15) is 0 Å². The highest BCUT2D eigenvalue weighted by Crippen LogP contribution is 2.41. The van der Waals surface area contributed by atoms with Gasteiger partial charge < -0.3 is 9.42 Å². The van der Waals surface area contributed by atoms with Crippen molar-refractivity contribution in [2.24, 2.45) is 0 Å². The van der Waals surface area contributed by atoms with Crippen LogP contribution in [-0.2, 0) is 6.42 Å². The molecule has 5 rings (SSSR count). The Morgan fingerprint density at radius 1 is 1.15 bits per heavy atom. The minimum absolute atomic E-state index is 0.0623. The molecule has 2 atom stereocenters. The van der Waals surface area contributed by atoms with E-state index >= 15 is 0 Å². The number of likely N-dealkylation sites (tertiary alicyclic amines) is 1. The summed E-state index contributed by atoms with van der Waals surface area (Å²) in [5, 5.41) is 4.07. The molecule has 1 aromatic heterocycles. The molecule has 1 saturated carbocycles. The van der Waals surface area contributed by atoms with E-state index in [4.69, 9.17) is 4.52 Å². The van der Waals surface area contributed by atoms with Gasteiger partial charge in [0.2, 0.25) is 0 Å². The maximum Gasteiger partial charge on any atom is 0.276 e. The number of hydrogen-bond acceptors (Lipinski definition) is 3. The van der Waals surface area contributed by atoms with E-state index in [-0.39, 0.29) is 5.91 Å². The van der Waals surface area contributed by atoms with Crippen molar-refractivity contribution >= 4 is 5.91 Å². The maximum atomic E-state index is 13.0. The highest BCUT2D eigenvalue weighted by Gasteiger charge is 2.35. The Bertz CT molecular complexity index is 808. The molecule has 1 saturated heterocycles. The number of nitrogens with zero attached hydrogens (tertiary/aromatic N) is 2. The quantitative estimate of drug-likeness (QED) is 0.805. The van der Waals surface area contributed by atoms with Gasteiger partial charge in [-0.15, -0.1) is 0 Å². The van der Waals surface area contributed by atoms with Crippen molar-refractivity contribution < 1.29 is 9.32 Å². The first-order chi connectivity index (χ1) is 12.8. The largest absolute Gasteiger partial charge is 0.360 e. The Kier molecular flexibility index (Phi) is 4.07. The van der Waals surface area contributed by atoms with E-state index in [0.29, 0.717) is 23.6 Å². The van der Waals surface area contributed by atoms with Gasteiger partial charge >= 0.3 is 0 Å². The van der Waals surface area contributed by atoms with Crippen LogP contribution in [-0.4, -0.2) is 28.6 Å². The van der Waals surface area contributed by atoms with Gasteiger partial charge in [-0.05, 0) is 68.4 Å². The monoisotopic (exact) mass is 350 g/mol. The molecule has 4 nitrogen and oxygen atoms in total. The first-order valence-corrected chi connectivity index (χ1v) is 10.1. The van der Waals surface area contributed by atoms with E-state index in [2.05, 4.69) is 34.3 Å². The minimum Gasteiger partial charge on any atom is -0.360 e. The van der Waals surface area contributed by atoms with Gasteiger partial charge in [0.25, 0.3) is 5.91 Å². The molecule has 0 unspecified atom stereocenters. The summed E-state index contributed by atoms with van der Waals surface area (Å²) >= 11 is 0. The van der Waals surface area contributed by atoms with Gasteiger partial charge in [-0.3, -0.25) is 4.79 Å². The van der Waals surface area contributed by atoms with E-state index < -0.39 is 0 Å². The van der Waals surface area contributed by atoms with Crippen LogP contribution < -0.4 is 0 Å². The molecule has 0 N–H and O–H groups in total. The Balaban J connectivity index is 1.32. The van der Waals surface area contributed by atoms with E-state index in [1.807, 2.05) is 6.07 Å². The summed E-state index contributed by atoms with van der Waals surface area (Å²) in [7, 11) is 0. The molecule has 2 aliphatic carbocycles. The minimum atomic E-state index is 0.0623. The number of aryl methyl sites for hydroxylation is 1. The Morgan fingerprint density at radius 2 is 2.04 bits per heavy atom. The first kappa shape index (κ1) is 16.1. The van der Waals surface area contributed by atoms with Crippen LogP contribution in [0.3, 0.4) is 0 Å². The molecule has 0 radical (unpaired) electrons. The fourth-order valence-corrected chi connectivity index (χ4v) is 4.87.